The number of imide groups is 1. The molecule has 4 aliphatic rings. The maximum absolute atomic E-state index is 13.8. The molecule has 2 fully saturated rings. The highest BCUT2D eigenvalue weighted by atomic mass is 16.7. The van der Waals surface area contributed by atoms with Crippen molar-refractivity contribution in [1.82, 2.24) is 10.2 Å². The van der Waals surface area contributed by atoms with E-state index in [1.807, 2.05) is 19.1 Å². The number of hydrogen-bond donors (Lipinski definition) is 3. The zero-order valence-corrected chi connectivity index (χ0v) is 18.1. The number of para-hydroxylation sites is 1. The van der Waals surface area contributed by atoms with Crippen molar-refractivity contribution < 1.29 is 29.0 Å². The number of nitrogens with zero attached hydrogens (tertiary/aromatic N) is 1. The summed E-state index contributed by atoms with van der Waals surface area (Å²) in [5.74, 6) is -1.84. The van der Waals surface area contributed by atoms with Crippen molar-refractivity contribution in [2.45, 2.75) is 38.1 Å². The van der Waals surface area contributed by atoms with Crippen molar-refractivity contribution in [1.29, 1.82) is 0 Å². The SMILES string of the molecule is Cc1cccc2c1NC(=O)[C@]21N[C@@H]([C@H](C)O)[C@H]2C(=O)N(Cc3ccc4c(c3)OCO4)C(=O)[C@H]21. The van der Waals surface area contributed by atoms with Crippen molar-refractivity contribution in [2.75, 3.05) is 12.1 Å². The minimum atomic E-state index is -1.41. The number of aryl methyl sites for hydroxylation is 1. The van der Waals surface area contributed by atoms with Gasteiger partial charge in [-0.05, 0) is 37.1 Å². The average Bonchev–Trinajstić information content (AvgIpc) is 3.51. The summed E-state index contributed by atoms with van der Waals surface area (Å²) in [4.78, 5) is 41.9. The van der Waals surface area contributed by atoms with Gasteiger partial charge in [0.05, 0.1) is 24.5 Å². The highest BCUT2D eigenvalue weighted by Crippen LogP contribution is 2.54. The maximum Gasteiger partial charge on any atom is 0.250 e. The highest BCUT2D eigenvalue weighted by Gasteiger charge is 2.71. The lowest BCUT2D eigenvalue weighted by atomic mass is 9.76. The number of benzene rings is 2. The number of rotatable bonds is 3. The first-order valence-electron chi connectivity index (χ1n) is 10.9. The van der Waals surface area contributed by atoms with Crippen molar-refractivity contribution in [3.8, 4) is 11.5 Å². The molecular formula is C24H23N3O6. The Balaban J connectivity index is 1.43. The van der Waals surface area contributed by atoms with E-state index in [2.05, 4.69) is 10.6 Å². The number of nitrogens with one attached hydrogen (secondary N) is 2. The van der Waals surface area contributed by atoms with Crippen LogP contribution in [0.2, 0.25) is 0 Å². The number of carbonyl (C=O) groups excluding carboxylic acids is 3. The van der Waals surface area contributed by atoms with Gasteiger partial charge >= 0.3 is 0 Å². The fourth-order valence-electron chi connectivity index (χ4n) is 5.76. The van der Waals surface area contributed by atoms with Crippen LogP contribution < -0.4 is 20.1 Å². The van der Waals surface area contributed by atoms with Gasteiger partial charge in [-0.25, -0.2) is 0 Å². The summed E-state index contributed by atoms with van der Waals surface area (Å²) < 4.78 is 10.7. The summed E-state index contributed by atoms with van der Waals surface area (Å²) in [6.07, 6.45) is -0.944. The molecule has 0 aromatic heterocycles. The second-order valence-corrected chi connectivity index (χ2v) is 9.12. The third-order valence-corrected chi connectivity index (χ3v) is 7.28. The monoisotopic (exact) mass is 449 g/mol. The van der Waals surface area contributed by atoms with E-state index in [0.717, 1.165) is 5.56 Å². The molecule has 4 aliphatic heterocycles. The Morgan fingerprint density at radius 3 is 2.73 bits per heavy atom. The number of carbonyl (C=O) groups is 3. The van der Waals surface area contributed by atoms with Crippen molar-refractivity contribution >= 4 is 23.4 Å². The summed E-state index contributed by atoms with van der Waals surface area (Å²) in [6.45, 7) is 3.62. The number of aliphatic hydroxyl groups is 1. The van der Waals surface area contributed by atoms with E-state index >= 15 is 0 Å². The van der Waals surface area contributed by atoms with Crippen LogP contribution in [-0.4, -0.2) is 46.7 Å². The second-order valence-electron chi connectivity index (χ2n) is 9.12. The Labute approximate surface area is 189 Å². The maximum atomic E-state index is 13.8. The molecule has 0 saturated carbocycles. The number of aliphatic hydroxyl groups excluding tert-OH is 1. The first kappa shape index (κ1) is 20.2. The van der Waals surface area contributed by atoms with Gasteiger partial charge in [-0.1, -0.05) is 24.3 Å². The van der Waals surface area contributed by atoms with Gasteiger partial charge in [0, 0.05) is 17.3 Å². The molecule has 170 valence electrons. The smallest absolute Gasteiger partial charge is 0.250 e. The Hall–Kier alpha value is -3.43. The molecular weight excluding hydrogens is 426 g/mol. The van der Waals surface area contributed by atoms with Crippen LogP contribution in [0.4, 0.5) is 5.69 Å². The molecule has 9 heteroatoms. The molecule has 0 unspecified atom stereocenters. The van der Waals surface area contributed by atoms with Crippen LogP contribution >= 0.6 is 0 Å². The molecule has 3 amide bonds. The number of hydrogen-bond acceptors (Lipinski definition) is 7. The van der Waals surface area contributed by atoms with E-state index in [1.165, 1.54) is 4.90 Å². The van der Waals surface area contributed by atoms with Crippen LogP contribution in [0.25, 0.3) is 0 Å². The second kappa shape index (κ2) is 6.79. The minimum absolute atomic E-state index is 0.0478. The van der Waals surface area contributed by atoms with Crippen LogP contribution in [0.1, 0.15) is 23.6 Å². The summed E-state index contributed by atoms with van der Waals surface area (Å²) in [5.41, 5.74) is 1.45. The predicted molar refractivity (Wildman–Crippen MR) is 115 cm³/mol. The molecule has 0 radical (unpaired) electrons. The van der Waals surface area contributed by atoms with Crippen molar-refractivity contribution in [3.05, 3.63) is 53.1 Å². The van der Waals surface area contributed by atoms with E-state index < -0.39 is 41.3 Å². The molecule has 4 heterocycles. The van der Waals surface area contributed by atoms with Crippen LogP contribution in [0, 0.1) is 18.8 Å². The molecule has 0 aliphatic carbocycles. The largest absolute Gasteiger partial charge is 0.454 e. The molecule has 33 heavy (non-hydrogen) atoms. The van der Waals surface area contributed by atoms with E-state index in [9.17, 15) is 19.5 Å². The van der Waals surface area contributed by atoms with Crippen LogP contribution in [0.5, 0.6) is 11.5 Å². The fourth-order valence-corrected chi connectivity index (χ4v) is 5.76. The fraction of sp³-hybridized carbons (Fsp3) is 0.375. The quantitative estimate of drug-likeness (QED) is 0.599. The van der Waals surface area contributed by atoms with Crippen LogP contribution in [0.15, 0.2) is 36.4 Å². The standard InChI is InChI=1S/C24H23N3O6/c1-11-4-3-5-14-19(11)25-23(31)24(14)18-17(20(26-24)12(2)28)21(29)27(22(18)30)9-13-6-7-15-16(8-13)33-10-32-15/h3-8,12,17-18,20,26,28H,9-10H2,1-2H3,(H,25,31)/t12-,17-,18-,20-,24-/m0/s1. The number of anilines is 1. The molecule has 5 atom stereocenters. The van der Waals surface area contributed by atoms with Gasteiger partial charge in [0.1, 0.15) is 5.54 Å². The zero-order valence-electron chi connectivity index (χ0n) is 18.1. The van der Waals surface area contributed by atoms with Gasteiger partial charge in [-0.15, -0.1) is 0 Å². The summed E-state index contributed by atoms with van der Waals surface area (Å²) in [7, 11) is 0. The first-order valence-corrected chi connectivity index (χ1v) is 10.9. The third-order valence-electron chi connectivity index (χ3n) is 7.28. The topological polar surface area (TPSA) is 117 Å². The van der Waals surface area contributed by atoms with E-state index in [4.69, 9.17) is 9.47 Å². The molecule has 2 aromatic rings. The average molecular weight is 449 g/mol. The highest BCUT2D eigenvalue weighted by molar-refractivity contribution is 6.15. The van der Waals surface area contributed by atoms with Crippen LogP contribution in [0.3, 0.4) is 0 Å². The number of amides is 3. The first-order chi connectivity index (χ1) is 15.8. The summed E-state index contributed by atoms with van der Waals surface area (Å²) in [5, 5.41) is 16.6. The summed E-state index contributed by atoms with van der Waals surface area (Å²) in [6, 6.07) is 10.0. The molecule has 9 nitrogen and oxygen atoms in total. The van der Waals surface area contributed by atoms with Crippen molar-refractivity contribution in [2.24, 2.45) is 11.8 Å². The summed E-state index contributed by atoms with van der Waals surface area (Å²) >= 11 is 0. The molecule has 1 spiro atoms. The molecule has 0 bridgehead atoms. The molecule has 3 N–H and O–H groups in total. The predicted octanol–water partition coefficient (Wildman–Crippen LogP) is 1.03. The molecule has 6 rings (SSSR count). The van der Waals surface area contributed by atoms with E-state index in [0.29, 0.717) is 28.3 Å². The lowest BCUT2D eigenvalue weighted by Gasteiger charge is -2.30. The molecule has 2 aromatic carbocycles. The number of likely N-dealkylation sites (tertiary alicyclic amines) is 1. The normalized spacial score (nSPS) is 30.1. The van der Waals surface area contributed by atoms with Gasteiger partial charge < -0.3 is 19.9 Å². The van der Waals surface area contributed by atoms with E-state index in [1.54, 1.807) is 31.2 Å². The Morgan fingerprint density at radius 1 is 1.15 bits per heavy atom. The Bertz CT molecular complexity index is 1230. The minimum Gasteiger partial charge on any atom is -0.454 e. The van der Waals surface area contributed by atoms with Gasteiger partial charge in [0.25, 0.3) is 0 Å². The lowest BCUT2D eigenvalue weighted by molar-refractivity contribution is -0.143. The zero-order chi connectivity index (χ0) is 23.1. The van der Waals surface area contributed by atoms with Crippen LogP contribution in [-0.2, 0) is 26.5 Å². The lowest BCUT2D eigenvalue weighted by Crippen LogP contribution is -2.54. The Kier molecular flexibility index (Phi) is 4.15. The van der Waals surface area contributed by atoms with E-state index in [-0.39, 0.29) is 19.2 Å². The number of fused-ring (bicyclic) bond motifs is 5. The van der Waals surface area contributed by atoms with Gasteiger partial charge in [-0.3, -0.25) is 24.6 Å². The van der Waals surface area contributed by atoms with Gasteiger partial charge in [0.15, 0.2) is 11.5 Å². The number of ether oxygens (including phenoxy) is 2. The Morgan fingerprint density at radius 2 is 1.94 bits per heavy atom. The van der Waals surface area contributed by atoms with Gasteiger partial charge in [-0.2, -0.15) is 0 Å². The molecule has 2 saturated heterocycles. The third kappa shape index (κ3) is 2.57. The van der Waals surface area contributed by atoms with Crippen molar-refractivity contribution in [3.63, 3.8) is 0 Å². The van der Waals surface area contributed by atoms with Gasteiger partial charge in [0.2, 0.25) is 24.5 Å².